The van der Waals surface area contributed by atoms with Gasteiger partial charge in [0.25, 0.3) is 0 Å². The Morgan fingerprint density at radius 3 is 3.00 bits per heavy atom. The van der Waals surface area contributed by atoms with Crippen molar-refractivity contribution in [2.45, 2.75) is 19.9 Å². The predicted molar refractivity (Wildman–Crippen MR) is 65.3 cm³/mol. The fourth-order valence-corrected chi connectivity index (χ4v) is 2.80. The van der Waals surface area contributed by atoms with Crippen LogP contribution in [0.25, 0.3) is 0 Å². The van der Waals surface area contributed by atoms with Gasteiger partial charge in [0.1, 0.15) is 5.82 Å². The first-order valence-electron chi connectivity index (χ1n) is 5.12. The number of rotatable bonds is 1. The predicted octanol–water partition coefficient (Wildman–Crippen LogP) is 1.31. The van der Waals surface area contributed by atoms with E-state index in [2.05, 4.69) is 21.8 Å². The summed E-state index contributed by atoms with van der Waals surface area (Å²) in [5.41, 5.74) is 6.59. The van der Waals surface area contributed by atoms with Crippen LogP contribution in [0, 0.1) is 6.92 Å². The number of anilines is 2. The summed E-state index contributed by atoms with van der Waals surface area (Å²) >= 11 is 1.99. The highest BCUT2D eigenvalue weighted by atomic mass is 32.2. The second-order valence-electron chi connectivity index (χ2n) is 3.84. The van der Waals surface area contributed by atoms with Crippen molar-refractivity contribution in [1.29, 1.82) is 0 Å². The van der Waals surface area contributed by atoms with E-state index in [0.717, 1.165) is 29.6 Å². The van der Waals surface area contributed by atoms with Crippen LogP contribution in [0.1, 0.15) is 12.6 Å². The van der Waals surface area contributed by atoms with E-state index in [1.807, 2.05) is 24.8 Å². The Labute approximate surface area is 94.3 Å². The normalized spacial score (nSPS) is 21.7. The molecule has 1 fully saturated rings. The second kappa shape index (κ2) is 4.26. The summed E-state index contributed by atoms with van der Waals surface area (Å²) in [5, 5.41) is 0. The highest BCUT2D eigenvalue weighted by molar-refractivity contribution is 7.99. The lowest BCUT2D eigenvalue weighted by Gasteiger charge is -2.34. The summed E-state index contributed by atoms with van der Waals surface area (Å²) in [7, 11) is 0. The van der Waals surface area contributed by atoms with Crippen LogP contribution in [0.2, 0.25) is 0 Å². The molecule has 1 aromatic heterocycles. The zero-order valence-corrected chi connectivity index (χ0v) is 9.92. The van der Waals surface area contributed by atoms with Crippen molar-refractivity contribution in [3.8, 4) is 0 Å². The number of nitrogens with zero attached hydrogens (tertiary/aromatic N) is 3. The maximum absolute atomic E-state index is 5.66. The smallest absolute Gasteiger partial charge is 0.222 e. The van der Waals surface area contributed by atoms with Gasteiger partial charge in [0.2, 0.25) is 5.95 Å². The maximum Gasteiger partial charge on any atom is 0.222 e. The minimum atomic E-state index is 0.371. The van der Waals surface area contributed by atoms with Gasteiger partial charge in [-0.1, -0.05) is 0 Å². The molecule has 0 aromatic carbocycles. The summed E-state index contributed by atoms with van der Waals surface area (Å²) in [6.07, 6.45) is 0. The van der Waals surface area contributed by atoms with Crippen molar-refractivity contribution < 1.29 is 0 Å². The van der Waals surface area contributed by atoms with Crippen LogP contribution in [0.5, 0.6) is 0 Å². The lowest BCUT2D eigenvalue weighted by Crippen LogP contribution is -2.41. The molecule has 0 saturated carbocycles. The molecule has 1 atom stereocenters. The maximum atomic E-state index is 5.66. The first-order valence-corrected chi connectivity index (χ1v) is 6.28. The van der Waals surface area contributed by atoms with Crippen molar-refractivity contribution in [1.82, 2.24) is 9.97 Å². The molecule has 2 heterocycles. The third-order valence-electron chi connectivity index (χ3n) is 2.52. The fraction of sp³-hybridized carbons (Fsp3) is 0.600. The quantitative estimate of drug-likeness (QED) is 0.779. The average molecular weight is 224 g/mol. The number of thioether (sulfide) groups is 1. The van der Waals surface area contributed by atoms with Gasteiger partial charge in [0.15, 0.2) is 0 Å². The van der Waals surface area contributed by atoms with Crippen molar-refractivity contribution in [3.05, 3.63) is 11.8 Å². The Morgan fingerprint density at radius 2 is 2.33 bits per heavy atom. The lowest BCUT2D eigenvalue weighted by molar-refractivity contribution is 0.688. The number of hydrogen-bond donors (Lipinski definition) is 1. The average Bonchev–Trinajstić information content (AvgIpc) is 2.16. The molecule has 0 amide bonds. The zero-order chi connectivity index (χ0) is 10.8. The molecular formula is C10H16N4S. The number of nitrogen functional groups attached to an aromatic ring is 1. The molecule has 2 N–H and O–H groups in total. The molecule has 1 aliphatic rings. The molecule has 0 aliphatic carbocycles. The van der Waals surface area contributed by atoms with E-state index in [-0.39, 0.29) is 0 Å². The molecule has 0 spiro atoms. The van der Waals surface area contributed by atoms with Crippen LogP contribution in [-0.2, 0) is 0 Å². The molecule has 5 heteroatoms. The van der Waals surface area contributed by atoms with E-state index < -0.39 is 0 Å². The molecule has 4 nitrogen and oxygen atoms in total. The third kappa shape index (κ3) is 2.34. The topological polar surface area (TPSA) is 55.0 Å². The van der Waals surface area contributed by atoms with Crippen molar-refractivity contribution in [3.63, 3.8) is 0 Å². The highest BCUT2D eigenvalue weighted by Gasteiger charge is 2.20. The van der Waals surface area contributed by atoms with E-state index in [4.69, 9.17) is 5.73 Å². The van der Waals surface area contributed by atoms with Crippen molar-refractivity contribution in [2.24, 2.45) is 0 Å². The van der Waals surface area contributed by atoms with E-state index in [1.54, 1.807) is 0 Å². The van der Waals surface area contributed by atoms with Gasteiger partial charge in [-0.3, -0.25) is 0 Å². The molecule has 0 radical (unpaired) electrons. The van der Waals surface area contributed by atoms with Crippen LogP contribution in [0.15, 0.2) is 6.07 Å². The molecule has 15 heavy (non-hydrogen) atoms. The molecule has 1 aliphatic heterocycles. The van der Waals surface area contributed by atoms with E-state index in [9.17, 15) is 0 Å². The number of nitrogens with two attached hydrogens (primary N) is 1. The Hall–Kier alpha value is -0.970. The van der Waals surface area contributed by atoms with Crippen LogP contribution < -0.4 is 10.6 Å². The van der Waals surface area contributed by atoms with Gasteiger partial charge in [-0.2, -0.15) is 16.7 Å². The first kappa shape index (κ1) is 10.5. The molecule has 1 saturated heterocycles. The Kier molecular flexibility index (Phi) is 3.00. The van der Waals surface area contributed by atoms with Gasteiger partial charge in [-0.15, -0.1) is 0 Å². The molecular weight excluding hydrogens is 208 g/mol. The Morgan fingerprint density at radius 1 is 1.53 bits per heavy atom. The monoisotopic (exact) mass is 224 g/mol. The molecule has 82 valence electrons. The van der Waals surface area contributed by atoms with Crippen molar-refractivity contribution in [2.75, 3.05) is 28.7 Å². The van der Waals surface area contributed by atoms with Crippen LogP contribution >= 0.6 is 11.8 Å². The largest absolute Gasteiger partial charge is 0.368 e. The molecule has 0 bridgehead atoms. The van der Waals surface area contributed by atoms with Gasteiger partial charge >= 0.3 is 0 Å². The van der Waals surface area contributed by atoms with Gasteiger partial charge < -0.3 is 10.6 Å². The Bertz CT molecular complexity index is 335. The summed E-state index contributed by atoms with van der Waals surface area (Å²) in [6.45, 7) is 5.21. The van der Waals surface area contributed by atoms with Crippen LogP contribution in [0.4, 0.5) is 11.8 Å². The molecule has 1 unspecified atom stereocenters. The van der Waals surface area contributed by atoms with Crippen LogP contribution in [0.3, 0.4) is 0 Å². The summed E-state index contributed by atoms with van der Waals surface area (Å²) in [4.78, 5) is 10.7. The first-order chi connectivity index (χ1) is 7.16. The standard InChI is InChI=1S/C10H16N4S/c1-7-5-9(13-10(11)12-7)14-3-4-15-6-8(14)2/h5,8H,3-4,6H2,1-2H3,(H2,11,12,13). The van der Waals surface area contributed by atoms with Gasteiger partial charge in [0, 0.05) is 35.9 Å². The van der Waals surface area contributed by atoms with E-state index in [0.29, 0.717) is 12.0 Å². The number of hydrogen-bond acceptors (Lipinski definition) is 5. The summed E-state index contributed by atoms with van der Waals surface area (Å²) in [5.74, 6) is 3.65. The fourth-order valence-electron chi connectivity index (χ4n) is 1.79. The van der Waals surface area contributed by atoms with Crippen molar-refractivity contribution >= 4 is 23.5 Å². The lowest BCUT2D eigenvalue weighted by atomic mass is 10.3. The Balaban J connectivity index is 2.27. The second-order valence-corrected chi connectivity index (χ2v) is 4.99. The van der Waals surface area contributed by atoms with E-state index in [1.165, 1.54) is 0 Å². The zero-order valence-electron chi connectivity index (χ0n) is 9.10. The van der Waals surface area contributed by atoms with E-state index >= 15 is 0 Å². The molecule has 1 aromatic rings. The summed E-state index contributed by atoms with van der Waals surface area (Å²) < 4.78 is 0. The SMILES string of the molecule is Cc1cc(N2CCSCC2C)nc(N)n1. The van der Waals surface area contributed by atoms with Gasteiger partial charge in [0.05, 0.1) is 0 Å². The molecule has 2 rings (SSSR count). The van der Waals surface area contributed by atoms with Gasteiger partial charge in [-0.05, 0) is 13.8 Å². The number of aromatic nitrogens is 2. The summed E-state index contributed by atoms with van der Waals surface area (Å²) in [6, 6.07) is 2.53. The van der Waals surface area contributed by atoms with Gasteiger partial charge in [-0.25, -0.2) is 4.98 Å². The minimum absolute atomic E-state index is 0.371. The highest BCUT2D eigenvalue weighted by Crippen LogP contribution is 2.22. The van der Waals surface area contributed by atoms with Crippen LogP contribution in [-0.4, -0.2) is 34.1 Å². The minimum Gasteiger partial charge on any atom is -0.368 e. The number of aryl methyl sites for hydroxylation is 1. The third-order valence-corrected chi connectivity index (χ3v) is 3.71.